The summed E-state index contributed by atoms with van der Waals surface area (Å²) in [6.07, 6.45) is 7.35. The summed E-state index contributed by atoms with van der Waals surface area (Å²) in [4.78, 5) is 4.58. The SMILES string of the molecule is C/C=C/COc1cc(C)c(OCCCCOc2ccc(OCC=NOC)cc2)c(C)c1. The lowest BCUT2D eigenvalue weighted by atomic mass is 10.1. The molecule has 6 nitrogen and oxygen atoms in total. The van der Waals surface area contributed by atoms with E-state index >= 15 is 0 Å². The number of hydrogen-bond donors (Lipinski definition) is 0. The van der Waals surface area contributed by atoms with Crippen molar-refractivity contribution >= 4 is 6.21 Å². The summed E-state index contributed by atoms with van der Waals surface area (Å²) in [6, 6.07) is 11.6. The topological polar surface area (TPSA) is 58.5 Å². The summed E-state index contributed by atoms with van der Waals surface area (Å²) in [5, 5.41) is 3.62. The highest BCUT2D eigenvalue weighted by atomic mass is 16.6. The van der Waals surface area contributed by atoms with E-state index < -0.39 is 0 Å². The zero-order valence-corrected chi connectivity index (χ0v) is 18.9. The van der Waals surface area contributed by atoms with Gasteiger partial charge in [-0.15, -0.1) is 0 Å². The van der Waals surface area contributed by atoms with Gasteiger partial charge in [0.25, 0.3) is 0 Å². The molecule has 31 heavy (non-hydrogen) atoms. The minimum absolute atomic E-state index is 0.360. The number of benzene rings is 2. The Labute approximate surface area is 185 Å². The van der Waals surface area contributed by atoms with E-state index in [4.69, 9.17) is 18.9 Å². The van der Waals surface area contributed by atoms with Gasteiger partial charge < -0.3 is 23.8 Å². The lowest BCUT2D eigenvalue weighted by Crippen LogP contribution is -2.05. The third kappa shape index (κ3) is 9.03. The van der Waals surface area contributed by atoms with Crippen molar-refractivity contribution in [3.63, 3.8) is 0 Å². The Kier molecular flexibility index (Phi) is 10.9. The van der Waals surface area contributed by atoms with E-state index in [0.717, 1.165) is 47.0 Å². The van der Waals surface area contributed by atoms with Gasteiger partial charge in [0.1, 0.15) is 43.3 Å². The molecule has 0 bridgehead atoms. The van der Waals surface area contributed by atoms with Crippen LogP contribution in [0.2, 0.25) is 0 Å². The molecule has 6 heteroatoms. The lowest BCUT2D eigenvalue weighted by Gasteiger charge is -2.14. The van der Waals surface area contributed by atoms with E-state index in [1.165, 1.54) is 7.11 Å². The van der Waals surface area contributed by atoms with Crippen LogP contribution < -0.4 is 18.9 Å². The number of rotatable bonds is 14. The summed E-state index contributed by atoms with van der Waals surface area (Å²) in [6.45, 7) is 8.31. The second-order valence-corrected chi connectivity index (χ2v) is 6.92. The van der Waals surface area contributed by atoms with Gasteiger partial charge in [-0.1, -0.05) is 17.3 Å². The molecular weight excluding hydrogens is 394 g/mol. The van der Waals surface area contributed by atoms with E-state index in [1.807, 2.05) is 69.3 Å². The average molecular weight is 428 g/mol. The van der Waals surface area contributed by atoms with Crippen LogP contribution in [-0.2, 0) is 4.84 Å². The molecule has 0 saturated carbocycles. The van der Waals surface area contributed by atoms with E-state index in [-0.39, 0.29) is 0 Å². The summed E-state index contributed by atoms with van der Waals surface area (Å²) in [7, 11) is 1.50. The molecule has 2 aromatic rings. The molecule has 0 heterocycles. The highest BCUT2D eigenvalue weighted by molar-refractivity contribution is 5.58. The van der Waals surface area contributed by atoms with Crippen molar-refractivity contribution in [1.82, 2.24) is 0 Å². The molecule has 0 saturated heterocycles. The standard InChI is InChI=1S/C25H33NO5/c1-5-6-14-29-24-18-20(2)25(21(3)19-24)31-16-8-7-15-28-22-9-11-23(12-10-22)30-17-13-26-27-4/h5-6,9-13,18-19H,7-8,14-17H2,1-4H3/b6-5+,26-13?. The second kappa shape index (κ2) is 14.0. The van der Waals surface area contributed by atoms with E-state index in [9.17, 15) is 0 Å². The highest BCUT2D eigenvalue weighted by Gasteiger charge is 2.07. The van der Waals surface area contributed by atoms with Crippen molar-refractivity contribution in [1.29, 1.82) is 0 Å². The largest absolute Gasteiger partial charge is 0.494 e. The molecular formula is C25H33NO5. The number of ether oxygens (including phenoxy) is 4. The van der Waals surface area contributed by atoms with Crippen LogP contribution in [0.5, 0.6) is 23.0 Å². The molecule has 0 radical (unpaired) electrons. The maximum Gasteiger partial charge on any atom is 0.127 e. The van der Waals surface area contributed by atoms with Gasteiger partial charge in [0.15, 0.2) is 0 Å². The van der Waals surface area contributed by atoms with Gasteiger partial charge in [-0.2, -0.15) is 0 Å². The van der Waals surface area contributed by atoms with E-state index in [2.05, 4.69) is 9.99 Å². The first-order chi connectivity index (χ1) is 15.1. The number of oxime groups is 1. The Bertz CT molecular complexity index is 807. The normalized spacial score (nSPS) is 11.1. The molecule has 0 unspecified atom stereocenters. The highest BCUT2D eigenvalue weighted by Crippen LogP contribution is 2.28. The number of allylic oxidation sites excluding steroid dienone is 1. The average Bonchev–Trinajstić information content (AvgIpc) is 2.76. The third-order valence-corrected chi connectivity index (χ3v) is 4.40. The van der Waals surface area contributed by atoms with Gasteiger partial charge in [0.2, 0.25) is 0 Å². The summed E-state index contributed by atoms with van der Waals surface area (Å²) < 4.78 is 23.0. The Morgan fingerprint density at radius 1 is 0.774 bits per heavy atom. The Morgan fingerprint density at radius 3 is 1.97 bits per heavy atom. The van der Waals surface area contributed by atoms with Gasteiger partial charge in [-0.3, -0.25) is 0 Å². The fourth-order valence-corrected chi connectivity index (χ4v) is 2.90. The zero-order valence-electron chi connectivity index (χ0n) is 18.9. The quantitative estimate of drug-likeness (QED) is 0.172. The van der Waals surface area contributed by atoms with E-state index in [1.54, 1.807) is 6.21 Å². The Hall–Kier alpha value is -3.15. The first-order valence-corrected chi connectivity index (χ1v) is 10.5. The second-order valence-electron chi connectivity index (χ2n) is 6.92. The number of aryl methyl sites for hydroxylation is 2. The van der Waals surface area contributed by atoms with Crippen molar-refractivity contribution in [3.05, 3.63) is 59.7 Å². The van der Waals surface area contributed by atoms with Crippen molar-refractivity contribution in [3.8, 4) is 23.0 Å². The maximum absolute atomic E-state index is 6.01. The monoisotopic (exact) mass is 427 g/mol. The fourth-order valence-electron chi connectivity index (χ4n) is 2.90. The van der Waals surface area contributed by atoms with Crippen LogP contribution in [0.15, 0.2) is 53.7 Å². The van der Waals surface area contributed by atoms with E-state index in [0.29, 0.717) is 26.4 Å². The molecule has 0 aromatic heterocycles. The zero-order chi connectivity index (χ0) is 22.3. The smallest absolute Gasteiger partial charge is 0.127 e. The first kappa shape index (κ1) is 24.1. The van der Waals surface area contributed by atoms with Gasteiger partial charge in [-0.05, 0) is 81.1 Å². The van der Waals surface area contributed by atoms with Crippen LogP contribution in [0, 0.1) is 13.8 Å². The Morgan fingerprint density at radius 2 is 1.35 bits per heavy atom. The van der Waals surface area contributed by atoms with Gasteiger partial charge in [0.05, 0.1) is 19.4 Å². The molecule has 2 rings (SSSR count). The first-order valence-electron chi connectivity index (χ1n) is 10.5. The predicted molar refractivity (Wildman–Crippen MR) is 124 cm³/mol. The molecule has 0 N–H and O–H groups in total. The Balaban J connectivity index is 1.66. The molecule has 168 valence electrons. The molecule has 0 aliphatic rings. The summed E-state index contributed by atoms with van der Waals surface area (Å²) in [5.41, 5.74) is 2.17. The fraction of sp³-hybridized carbons (Fsp3) is 0.400. The number of hydrogen-bond acceptors (Lipinski definition) is 6. The number of nitrogens with zero attached hydrogens (tertiary/aromatic N) is 1. The lowest BCUT2D eigenvalue weighted by molar-refractivity contribution is 0.212. The van der Waals surface area contributed by atoms with Gasteiger partial charge in [0, 0.05) is 0 Å². The minimum atomic E-state index is 0.360. The molecule has 0 aliphatic heterocycles. The van der Waals surface area contributed by atoms with Crippen LogP contribution >= 0.6 is 0 Å². The minimum Gasteiger partial charge on any atom is -0.494 e. The molecule has 0 fully saturated rings. The van der Waals surface area contributed by atoms with Crippen LogP contribution in [0.1, 0.15) is 30.9 Å². The summed E-state index contributed by atoms with van der Waals surface area (Å²) in [5.74, 6) is 3.38. The maximum atomic E-state index is 6.01. The molecule has 0 aliphatic carbocycles. The van der Waals surface area contributed by atoms with Gasteiger partial charge >= 0.3 is 0 Å². The third-order valence-electron chi connectivity index (χ3n) is 4.40. The van der Waals surface area contributed by atoms with Crippen molar-refractivity contribution in [2.45, 2.75) is 33.6 Å². The van der Waals surface area contributed by atoms with Gasteiger partial charge in [-0.25, -0.2) is 0 Å². The molecule has 0 amide bonds. The summed E-state index contributed by atoms with van der Waals surface area (Å²) >= 11 is 0. The van der Waals surface area contributed by atoms with Crippen LogP contribution in [0.4, 0.5) is 0 Å². The molecule has 2 aromatic carbocycles. The van der Waals surface area contributed by atoms with Crippen molar-refractivity contribution in [2.24, 2.45) is 5.16 Å². The van der Waals surface area contributed by atoms with Crippen molar-refractivity contribution < 1.29 is 23.8 Å². The predicted octanol–water partition coefficient (Wildman–Crippen LogP) is 5.51. The van der Waals surface area contributed by atoms with Crippen LogP contribution in [0.25, 0.3) is 0 Å². The van der Waals surface area contributed by atoms with Crippen LogP contribution in [0.3, 0.4) is 0 Å². The molecule has 0 spiro atoms. The van der Waals surface area contributed by atoms with Crippen LogP contribution in [-0.4, -0.2) is 39.8 Å². The number of unbranched alkanes of at least 4 members (excludes halogenated alkanes) is 1. The molecule has 0 atom stereocenters. The van der Waals surface area contributed by atoms with Crippen molar-refractivity contribution in [2.75, 3.05) is 33.5 Å².